The number of aryl methyl sites for hydroxylation is 1. The Morgan fingerprint density at radius 1 is 0.966 bits per heavy atom. The third kappa shape index (κ3) is 2.73. The fourth-order valence-electron chi connectivity index (χ4n) is 3.66. The van der Waals surface area contributed by atoms with E-state index < -0.39 is 0 Å². The van der Waals surface area contributed by atoms with E-state index in [1.165, 1.54) is 0 Å². The molecule has 0 amide bonds. The van der Waals surface area contributed by atoms with Crippen molar-refractivity contribution < 1.29 is 4.74 Å². The number of nitrogens with zero attached hydrogens (tertiary/aromatic N) is 5. The molecule has 0 fully saturated rings. The maximum Gasteiger partial charge on any atom is 0.183 e. The SMILES string of the molecule is COc1ccc(-n2c(C)c(C)c3c2ncn2nc(-c4ccccc4Br)nc32)cc1. The fraction of sp³-hybridized carbons (Fsp3) is 0.136. The molecule has 0 unspecified atom stereocenters. The van der Waals surface area contributed by atoms with Gasteiger partial charge < -0.3 is 4.74 Å². The van der Waals surface area contributed by atoms with E-state index in [0.717, 1.165) is 49.4 Å². The Labute approximate surface area is 175 Å². The zero-order valence-electron chi connectivity index (χ0n) is 16.2. The van der Waals surface area contributed by atoms with Crippen molar-refractivity contribution in [1.82, 2.24) is 24.1 Å². The smallest absolute Gasteiger partial charge is 0.183 e. The van der Waals surface area contributed by atoms with Gasteiger partial charge in [-0.1, -0.05) is 28.1 Å². The van der Waals surface area contributed by atoms with Gasteiger partial charge in [-0.05, 0) is 55.8 Å². The van der Waals surface area contributed by atoms with Crippen LogP contribution in [0.25, 0.3) is 33.8 Å². The fourth-order valence-corrected chi connectivity index (χ4v) is 4.13. The molecule has 0 aliphatic rings. The first kappa shape index (κ1) is 17.9. The molecular weight excluding hydrogens is 430 g/mol. The number of ether oxygens (including phenoxy) is 1. The summed E-state index contributed by atoms with van der Waals surface area (Å²) in [6.07, 6.45) is 1.73. The Bertz CT molecular complexity index is 1370. The molecule has 5 rings (SSSR count). The molecule has 0 bridgehead atoms. The quantitative estimate of drug-likeness (QED) is 0.384. The molecule has 0 aliphatic carbocycles. The Balaban J connectivity index is 1.77. The average Bonchev–Trinajstić information content (AvgIpc) is 3.28. The number of rotatable bonds is 3. The van der Waals surface area contributed by atoms with E-state index >= 15 is 0 Å². The predicted octanol–water partition coefficient (Wildman–Crippen LogP) is 5.12. The third-order valence-corrected chi connectivity index (χ3v) is 5.97. The topological polar surface area (TPSA) is 57.2 Å². The zero-order valence-corrected chi connectivity index (χ0v) is 17.8. The summed E-state index contributed by atoms with van der Waals surface area (Å²) >= 11 is 3.59. The molecule has 0 aliphatic heterocycles. The molecule has 3 aromatic heterocycles. The van der Waals surface area contributed by atoms with Crippen molar-refractivity contribution in [1.29, 1.82) is 0 Å². The molecule has 0 saturated carbocycles. The van der Waals surface area contributed by atoms with Gasteiger partial charge in [0.05, 0.1) is 12.5 Å². The zero-order chi connectivity index (χ0) is 20.1. The van der Waals surface area contributed by atoms with Gasteiger partial charge in [-0.25, -0.2) is 14.5 Å². The van der Waals surface area contributed by atoms with E-state index in [1.54, 1.807) is 18.0 Å². The maximum absolute atomic E-state index is 5.29. The van der Waals surface area contributed by atoms with Crippen LogP contribution in [-0.2, 0) is 0 Å². The van der Waals surface area contributed by atoms with Crippen molar-refractivity contribution >= 4 is 32.6 Å². The minimum Gasteiger partial charge on any atom is -0.497 e. The molecule has 3 heterocycles. The molecule has 6 nitrogen and oxygen atoms in total. The monoisotopic (exact) mass is 447 g/mol. The lowest BCUT2D eigenvalue weighted by Gasteiger charge is -2.08. The summed E-state index contributed by atoms with van der Waals surface area (Å²) in [6, 6.07) is 15.9. The van der Waals surface area contributed by atoms with E-state index in [1.807, 2.05) is 48.5 Å². The number of fused-ring (bicyclic) bond motifs is 3. The summed E-state index contributed by atoms with van der Waals surface area (Å²) < 4.78 is 10.2. The Morgan fingerprint density at radius 2 is 1.72 bits per heavy atom. The summed E-state index contributed by atoms with van der Waals surface area (Å²) in [5.41, 5.74) is 5.91. The average molecular weight is 448 g/mol. The number of hydrogen-bond donors (Lipinski definition) is 0. The van der Waals surface area contributed by atoms with Gasteiger partial charge >= 0.3 is 0 Å². The second-order valence-corrected chi connectivity index (χ2v) is 7.72. The first-order valence-electron chi connectivity index (χ1n) is 9.21. The summed E-state index contributed by atoms with van der Waals surface area (Å²) in [4.78, 5) is 9.58. The standard InChI is InChI=1S/C22H18BrN5O/c1-13-14(2)28(15-8-10-16(29-3)11-9-15)21-19(13)22-25-20(26-27(22)12-24-21)17-6-4-5-7-18(17)23/h4-12H,1-3H3. The van der Waals surface area contributed by atoms with Crippen molar-refractivity contribution in [3.63, 3.8) is 0 Å². The van der Waals surface area contributed by atoms with Gasteiger partial charge in [0.15, 0.2) is 17.1 Å². The lowest BCUT2D eigenvalue weighted by atomic mass is 10.2. The van der Waals surface area contributed by atoms with Crippen LogP contribution >= 0.6 is 15.9 Å². The molecule has 0 radical (unpaired) electrons. The van der Waals surface area contributed by atoms with Crippen LogP contribution in [0.4, 0.5) is 0 Å². The minimum atomic E-state index is 0.668. The van der Waals surface area contributed by atoms with Crippen LogP contribution in [0.2, 0.25) is 0 Å². The maximum atomic E-state index is 5.29. The molecular formula is C22H18BrN5O. The number of aromatic nitrogens is 5. The number of halogens is 1. The van der Waals surface area contributed by atoms with Gasteiger partial charge in [0.1, 0.15) is 12.1 Å². The van der Waals surface area contributed by atoms with Crippen LogP contribution in [0.1, 0.15) is 11.3 Å². The molecule has 144 valence electrons. The minimum absolute atomic E-state index is 0.668. The molecule has 7 heteroatoms. The Morgan fingerprint density at radius 3 is 2.45 bits per heavy atom. The Hall–Kier alpha value is -3.19. The normalized spacial score (nSPS) is 11.4. The number of methoxy groups -OCH3 is 1. The van der Waals surface area contributed by atoms with E-state index in [9.17, 15) is 0 Å². The highest BCUT2D eigenvalue weighted by molar-refractivity contribution is 9.10. The van der Waals surface area contributed by atoms with E-state index in [-0.39, 0.29) is 0 Å². The first-order chi connectivity index (χ1) is 14.1. The van der Waals surface area contributed by atoms with Crippen LogP contribution in [-0.4, -0.2) is 31.3 Å². The highest BCUT2D eigenvalue weighted by Gasteiger charge is 2.19. The van der Waals surface area contributed by atoms with Gasteiger partial charge in [0.25, 0.3) is 0 Å². The molecule has 0 saturated heterocycles. The van der Waals surface area contributed by atoms with Crippen LogP contribution in [0.3, 0.4) is 0 Å². The Kier molecular flexibility index (Phi) is 4.13. The van der Waals surface area contributed by atoms with Crippen LogP contribution in [0.15, 0.2) is 59.3 Å². The number of hydrogen-bond acceptors (Lipinski definition) is 4. The van der Waals surface area contributed by atoms with E-state index in [4.69, 9.17) is 14.7 Å². The van der Waals surface area contributed by atoms with Crippen molar-refractivity contribution in [3.8, 4) is 22.8 Å². The highest BCUT2D eigenvalue weighted by atomic mass is 79.9. The summed E-state index contributed by atoms with van der Waals surface area (Å²) in [6.45, 7) is 4.20. The van der Waals surface area contributed by atoms with Crippen LogP contribution in [0, 0.1) is 13.8 Å². The summed E-state index contributed by atoms with van der Waals surface area (Å²) in [7, 11) is 1.67. The van der Waals surface area contributed by atoms with Gasteiger partial charge in [-0.3, -0.25) is 4.57 Å². The first-order valence-corrected chi connectivity index (χ1v) is 10.00. The van der Waals surface area contributed by atoms with Crippen LogP contribution < -0.4 is 4.74 Å². The summed E-state index contributed by atoms with van der Waals surface area (Å²) in [5, 5.41) is 5.66. The van der Waals surface area contributed by atoms with E-state index in [2.05, 4.69) is 39.4 Å². The molecule has 2 aromatic carbocycles. The molecule has 5 aromatic rings. The largest absolute Gasteiger partial charge is 0.497 e. The van der Waals surface area contributed by atoms with E-state index in [0.29, 0.717) is 5.82 Å². The van der Waals surface area contributed by atoms with Gasteiger partial charge in [0, 0.05) is 21.4 Å². The second kappa shape index (κ2) is 6.70. The van der Waals surface area contributed by atoms with Crippen LogP contribution in [0.5, 0.6) is 5.75 Å². The van der Waals surface area contributed by atoms with Crippen molar-refractivity contribution in [2.75, 3.05) is 7.11 Å². The lowest BCUT2D eigenvalue weighted by Crippen LogP contribution is -1.99. The third-order valence-electron chi connectivity index (χ3n) is 5.28. The second-order valence-electron chi connectivity index (χ2n) is 6.87. The number of benzene rings is 2. The van der Waals surface area contributed by atoms with Crippen molar-refractivity contribution in [3.05, 3.63) is 70.6 Å². The van der Waals surface area contributed by atoms with Gasteiger partial charge in [0.2, 0.25) is 0 Å². The van der Waals surface area contributed by atoms with Crippen molar-refractivity contribution in [2.24, 2.45) is 0 Å². The molecule has 0 N–H and O–H groups in total. The van der Waals surface area contributed by atoms with Gasteiger partial charge in [-0.2, -0.15) is 0 Å². The molecule has 29 heavy (non-hydrogen) atoms. The molecule has 0 atom stereocenters. The molecule has 0 spiro atoms. The summed E-state index contributed by atoms with van der Waals surface area (Å²) in [5.74, 6) is 1.49. The van der Waals surface area contributed by atoms with Crippen molar-refractivity contribution in [2.45, 2.75) is 13.8 Å². The van der Waals surface area contributed by atoms with Gasteiger partial charge in [-0.15, -0.1) is 5.10 Å². The lowest BCUT2D eigenvalue weighted by molar-refractivity contribution is 0.415. The highest BCUT2D eigenvalue weighted by Crippen LogP contribution is 2.32. The predicted molar refractivity (Wildman–Crippen MR) is 117 cm³/mol.